The molecule has 6 aromatic rings. The molecule has 1 spiro atoms. The van der Waals surface area contributed by atoms with Crippen molar-refractivity contribution in [2.45, 2.75) is 5.41 Å². The van der Waals surface area contributed by atoms with E-state index in [2.05, 4.69) is 125 Å². The van der Waals surface area contributed by atoms with E-state index < -0.39 is 5.41 Å². The number of para-hydroxylation sites is 1. The van der Waals surface area contributed by atoms with Crippen molar-refractivity contribution in [2.75, 3.05) is 0 Å². The molecule has 0 amide bonds. The predicted octanol–water partition coefficient (Wildman–Crippen LogP) is 9.20. The monoisotopic (exact) mass is 510 g/mol. The molecule has 2 heteroatoms. The van der Waals surface area contributed by atoms with Crippen LogP contribution in [-0.2, 0) is 5.41 Å². The van der Waals surface area contributed by atoms with Gasteiger partial charge in [0.2, 0.25) is 0 Å². The normalized spacial score (nSPS) is 17.3. The highest BCUT2D eigenvalue weighted by atomic mass is 79.9. The molecule has 2 aliphatic rings. The Morgan fingerprint density at radius 2 is 1.31 bits per heavy atom. The van der Waals surface area contributed by atoms with Gasteiger partial charge in [-0.15, -0.1) is 0 Å². The molecule has 1 nitrogen and oxygen atoms in total. The number of rotatable bonds is 0. The van der Waals surface area contributed by atoms with Gasteiger partial charge in [-0.25, -0.2) is 0 Å². The molecule has 1 unspecified atom stereocenters. The molecule has 35 heavy (non-hydrogen) atoms. The topological polar surface area (TPSA) is 13.1 Å². The van der Waals surface area contributed by atoms with Gasteiger partial charge in [0.1, 0.15) is 11.2 Å². The largest absolute Gasteiger partial charge is 0.455 e. The van der Waals surface area contributed by atoms with Gasteiger partial charge in [0.05, 0.1) is 5.41 Å². The van der Waals surface area contributed by atoms with Gasteiger partial charge in [0.25, 0.3) is 0 Å². The van der Waals surface area contributed by atoms with E-state index >= 15 is 0 Å². The molecular weight excluding hydrogens is 492 g/mol. The minimum atomic E-state index is -0.446. The average molecular weight is 511 g/mol. The Morgan fingerprint density at radius 1 is 0.571 bits per heavy atom. The van der Waals surface area contributed by atoms with Crippen LogP contribution < -0.4 is 0 Å². The molecular formula is C33H19BrO. The Bertz CT molecular complexity index is 1870. The number of furan rings is 1. The summed E-state index contributed by atoms with van der Waals surface area (Å²) in [5, 5.41) is 2.33. The first-order valence-electron chi connectivity index (χ1n) is 11.9. The number of hydrogen-bond acceptors (Lipinski definition) is 1. The van der Waals surface area contributed by atoms with Crippen LogP contribution in [0.2, 0.25) is 0 Å². The fourth-order valence-corrected chi connectivity index (χ4v) is 6.79. The van der Waals surface area contributed by atoms with Gasteiger partial charge in [-0.1, -0.05) is 113 Å². The van der Waals surface area contributed by atoms with Gasteiger partial charge in [0, 0.05) is 20.8 Å². The van der Waals surface area contributed by atoms with Crippen LogP contribution in [0.5, 0.6) is 0 Å². The van der Waals surface area contributed by atoms with Crippen molar-refractivity contribution in [3.05, 3.63) is 141 Å². The molecule has 0 radical (unpaired) electrons. The molecule has 0 bridgehead atoms. The zero-order chi connectivity index (χ0) is 23.1. The zero-order valence-electron chi connectivity index (χ0n) is 18.8. The van der Waals surface area contributed by atoms with Crippen molar-refractivity contribution in [1.29, 1.82) is 0 Å². The lowest BCUT2D eigenvalue weighted by Crippen LogP contribution is -2.30. The fraction of sp³-hybridized carbons (Fsp3) is 0.0303. The number of fused-ring (bicyclic) bond motifs is 13. The molecule has 0 N–H and O–H groups in total. The summed E-state index contributed by atoms with van der Waals surface area (Å²) < 4.78 is 7.67. The second-order valence-corrected chi connectivity index (χ2v) is 10.3. The van der Waals surface area contributed by atoms with Crippen molar-refractivity contribution >= 4 is 50.0 Å². The first-order chi connectivity index (χ1) is 17.3. The fourth-order valence-electron chi connectivity index (χ4n) is 6.43. The summed E-state index contributed by atoms with van der Waals surface area (Å²) in [5.41, 5.74) is 11.6. The first-order valence-corrected chi connectivity index (χ1v) is 12.7. The van der Waals surface area contributed by atoms with Crippen molar-refractivity contribution in [3.63, 3.8) is 0 Å². The van der Waals surface area contributed by atoms with Crippen LogP contribution in [0, 0.1) is 0 Å². The van der Waals surface area contributed by atoms with Gasteiger partial charge in [-0.05, 0) is 57.1 Å². The van der Waals surface area contributed by atoms with Crippen LogP contribution in [0.15, 0.2) is 112 Å². The van der Waals surface area contributed by atoms with E-state index in [-0.39, 0.29) is 0 Å². The quantitative estimate of drug-likeness (QED) is 0.198. The van der Waals surface area contributed by atoms with Crippen molar-refractivity contribution in [3.8, 4) is 11.1 Å². The maximum Gasteiger partial charge on any atom is 0.143 e. The zero-order valence-corrected chi connectivity index (χ0v) is 20.3. The minimum Gasteiger partial charge on any atom is -0.455 e. The molecule has 0 fully saturated rings. The number of benzene rings is 5. The third kappa shape index (κ3) is 2.38. The molecule has 1 aromatic heterocycles. The lowest BCUT2D eigenvalue weighted by atomic mass is 9.66. The van der Waals surface area contributed by atoms with Crippen LogP contribution in [0.4, 0.5) is 0 Å². The Kier molecular flexibility index (Phi) is 3.80. The van der Waals surface area contributed by atoms with Crippen LogP contribution in [0.1, 0.15) is 33.4 Å². The van der Waals surface area contributed by atoms with Gasteiger partial charge >= 0.3 is 0 Å². The summed E-state index contributed by atoms with van der Waals surface area (Å²) in [6.45, 7) is 0. The molecule has 8 rings (SSSR count). The van der Waals surface area contributed by atoms with E-state index in [0.29, 0.717) is 0 Å². The predicted molar refractivity (Wildman–Crippen MR) is 148 cm³/mol. The standard InChI is InChI=1S/C33H19BrO/c34-22-16-15-21-14-13-20-7-1-4-10-26(20)33(29(21)19-22)27-11-5-2-9-25(27)31-28(33)18-17-24-23-8-3-6-12-30(23)35-32(24)31/h1-19H. The molecule has 0 saturated heterocycles. The molecule has 0 saturated carbocycles. The molecule has 1 atom stereocenters. The first kappa shape index (κ1) is 19.4. The molecule has 5 aromatic carbocycles. The summed E-state index contributed by atoms with van der Waals surface area (Å²) >= 11 is 3.79. The third-order valence-corrected chi connectivity index (χ3v) is 8.27. The second-order valence-electron chi connectivity index (χ2n) is 9.41. The Balaban J connectivity index is 1.63. The summed E-state index contributed by atoms with van der Waals surface area (Å²) in [6, 6.07) is 37.3. The smallest absolute Gasteiger partial charge is 0.143 e. The third-order valence-electron chi connectivity index (χ3n) is 7.78. The molecule has 164 valence electrons. The lowest BCUT2D eigenvalue weighted by Gasteiger charge is -2.35. The van der Waals surface area contributed by atoms with Crippen molar-refractivity contribution in [1.82, 2.24) is 0 Å². The minimum absolute atomic E-state index is 0.446. The van der Waals surface area contributed by atoms with Crippen LogP contribution >= 0.6 is 15.9 Å². The highest BCUT2D eigenvalue weighted by molar-refractivity contribution is 9.10. The van der Waals surface area contributed by atoms with Crippen LogP contribution in [-0.4, -0.2) is 0 Å². The summed E-state index contributed by atoms with van der Waals surface area (Å²) in [5.74, 6) is 0. The lowest BCUT2D eigenvalue weighted by molar-refractivity contribution is 0.669. The van der Waals surface area contributed by atoms with E-state index in [1.54, 1.807) is 0 Å². The van der Waals surface area contributed by atoms with Crippen LogP contribution in [0.25, 0.3) is 45.2 Å². The summed E-state index contributed by atoms with van der Waals surface area (Å²) in [7, 11) is 0. The highest BCUT2D eigenvalue weighted by Gasteiger charge is 2.49. The Hall–Kier alpha value is -3.88. The van der Waals surface area contributed by atoms with Gasteiger partial charge in [-0.3, -0.25) is 0 Å². The maximum absolute atomic E-state index is 6.59. The van der Waals surface area contributed by atoms with Crippen molar-refractivity contribution in [2.24, 2.45) is 0 Å². The maximum atomic E-state index is 6.59. The molecule has 0 aliphatic heterocycles. The van der Waals surface area contributed by atoms with E-state index in [0.717, 1.165) is 21.0 Å². The SMILES string of the molecule is Brc1ccc2c(c1)C1(c3ccccc3C=C2)c2ccccc2-c2c1ccc1c2oc2ccccc21. The summed E-state index contributed by atoms with van der Waals surface area (Å²) in [6.07, 6.45) is 4.52. The van der Waals surface area contributed by atoms with Gasteiger partial charge in [-0.2, -0.15) is 0 Å². The second kappa shape index (κ2) is 6.84. The highest BCUT2D eigenvalue weighted by Crippen LogP contribution is 2.60. The summed E-state index contributed by atoms with van der Waals surface area (Å²) in [4.78, 5) is 0. The van der Waals surface area contributed by atoms with E-state index in [9.17, 15) is 0 Å². The van der Waals surface area contributed by atoms with Gasteiger partial charge < -0.3 is 4.42 Å². The van der Waals surface area contributed by atoms with Crippen LogP contribution in [0.3, 0.4) is 0 Å². The molecule has 1 heterocycles. The average Bonchev–Trinajstić information content (AvgIpc) is 3.37. The Labute approximate surface area is 211 Å². The number of hydrogen-bond donors (Lipinski definition) is 0. The van der Waals surface area contributed by atoms with E-state index in [4.69, 9.17) is 4.42 Å². The Morgan fingerprint density at radius 3 is 2.23 bits per heavy atom. The van der Waals surface area contributed by atoms with Gasteiger partial charge in [0.15, 0.2) is 0 Å². The number of halogens is 1. The van der Waals surface area contributed by atoms with Crippen molar-refractivity contribution < 1.29 is 4.42 Å². The molecule has 2 aliphatic carbocycles. The van der Waals surface area contributed by atoms with E-state index in [1.165, 1.54) is 49.9 Å². The van der Waals surface area contributed by atoms with E-state index in [1.807, 2.05) is 6.07 Å².